The van der Waals surface area contributed by atoms with Crippen LogP contribution in [0.4, 0.5) is 8.78 Å². The molecule has 0 atom stereocenters. The average Bonchev–Trinajstić information content (AvgIpc) is 3.07. The van der Waals surface area contributed by atoms with Gasteiger partial charge in [-0.05, 0) is 35.9 Å². The van der Waals surface area contributed by atoms with Crippen molar-refractivity contribution < 1.29 is 13.6 Å². The van der Waals surface area contributed by atoms with Gasteiger partial charge in [0.05, 0.1) is 6.54 Å². The van der Waals surface area contributed by atoms with E-state index in [1.165, 1.54) is 35.2 Å². The summed E-state index contributed by atoms with van der Waals surface area (Å²) < 4.78 is 28.7. The first-order valence-electron chi connectivity index (χ1n) is 8.47. The molecule has 0 unspecified atom stereocenters. The lowest BCUT2D eigenvalue weighted by atomic mass is 10.2. The van der Waals surface area contributed by atoms with E-state index in [1.54, 1.807) is 30.6 Å². The molecule has 27 heavy (non-hydrogen) atoms. The van der Waals surface area contributed by atoms with Crippen molar-refractivity contribution in [3.05, 3.63) is 102 Å². The number of carbonyl (C=O) groups excluding carboxylic acids is 1. The minimum absolute atomic E-state index is 0.226. The maximum Gasteiger partial charge on any atom is 0.254 e. The van der Waals surface area contributed by atoms with Crippen LogP contribution in [0.1, 0.15) is 21.7 Å². The Balaban J connectivity index is 1.80. The number of nitrogens with zero attached hydrogens (tertiary/aromatic N) is 3. The molecule has 0 N–H and O–H groups in total. The van der Waals surface area contributed by atoms with E-state index in [4.69, 9.17) is 0 Å². The van der Waals surface area contributed by atoms with E-state index in [0.717, 1.165) is 5.56 Å². The number of aromatic nitrogens is 2. The highest BCUT2D eigenvalue weighted by molar-refractivity contribution is 5.94. The van der Waals surface area contributed by atoms with Crippen LogP contribution in [0.5, 0.6) is 0 Å². The molecule has 3 aromatic rings. The number of halogens is 2. The zero-order valence-corrected chi connectivity index (χ0v) is 14.7. The van der Waals surface area contributed by atoms with Gasteiger partial charge in [-0.3, -0.25) is 4.79 Å². The van der Waals surface area contributed by atoms with Crippen molar-refractivity contribution in [2.75, 3.05) is 6.54 Å². The Morgan fingerprint density at radius 1 is 1.15 bits per heavy atom. The van der Waals surface area contributed by atoms with Crippen molar-refractivity contribution in [2.45, 2.75) is 13.1 Å². The lowest BCUT2D eigenvalue weighted by molar-refractivity contribution is 0.0757. The molecule has 0 saturated carbocycles. The first-order valence-corrected chi connectivity index (χ1v) is 8.47. The monoisotopic (exact) mass is 367 g/mol. The van der Waals surface area contributed by atoms with Crippen LogP contribution in [0.2, 0.25) is 0 Å². The van der Waals surface area contributed by atoms with E-state index in [9.17, 15) is 13.6 Å². The summed E-state index contributed by atoms with van der Waals surface area (Å²) in [6.45, 7) is 4.64. The summed E-state index contributed by atoms with van der Waals surface area (Å²) in [7, 11) is 0. The normalized spacial score (nSPS) is 10.6. The van der Waals surface area contributed by atoms with Crippen LogP contribution in [0.15, 0.2) is 73.6 Å². The molecular weight excluding hydrogens is 348 g/mol. The molecule has 3 rings (SSSR count). The van der Waals surface area contributed by atoms with Crippen LogP contribution in [0.3, 0.4) is 0 Å². The standard InChI is InChI=1S/C21H19F2N3O/c1-2-10-26(21(27)17-6-4-8-19(23)13-17)15-20-24-9-11-25(20)14-16-5-3-7-18(22)12-16/h2-9,11-13H,1,10,14-15H2. The highest BCUT2D eigenvalue weighted by Gasteiger charge is 2.18. The molecule has 1 amide bonds. The van der Waals surface area contributed by atoms with Crippen LogP contribution < -0.4 is 0 Å². The number of carbonyl (C=O) groups is 1. The molecule has 0 bridgehead atoms. The Hall–Kier alpha value is -3.28. The molecule has 0 aliphatic heterocycles. The van der Waals surface area contributed by atoms with Crippen LogP contribution in [-0.4, -0.2) is 26.9 Å². The van der Waals surface area contributed by atoms with Gasteiger partial charge in [-0.15, -0.1) is 6.58 Å². The van der Waals surface area contributed by atoms with Crippen LogP contribution >= 0.6 is 0 Å². The second-order valence-electron chi connectivity index (χ2n) is 6.09. The van der Waals surface area contributed by atoms with E-state index in [-0.39, 0.29) is 23.8 Å². The Kier molecular flexibility index (Phi) is 5.76. The third-order valence-electron chi connectivity index (χ3n) is 4.08. The second-order valence-corrected chi connectivity index (χ2v) is 6.09. The fourth-order valence-corrected chi connectivity index (χ4v) is 2.82. The summed E-state index contributed by atoms with van der Waals surface area (Å²) in [4.78, 5) is 18.6. The summed E-state index contributed by atoms with van der Waals surface area (Å²) in [5.74, 6) is -0.434. The molecule has 2 aromatic carbocycles. The molecule has 0 aliphatic carbocycles. The molecule has 138 valence electrons. The van der Waals surface area contributed by atoms with Crippen molar-refractivity contribution in [2.24, 2.45) is 0 Å². The summed E-state index contributed by atoms with van der Waals surface area (Å²) in [5, 5.41) is 0. The molecule has 1 aromatic heterocycles. The van der Waals surface area contributed by atoms with Gasteiger partial charge in [0.25, 0.3) is 5.91 Å². The van der Waals surface area contributed by atoms with Gasteiger partial charge in [-0.1, -0.05) is 24.3 Å². The van der Waals surface area contributed by atoms with Crippen molar-refractivity contribution in [3.8, 4) is 0 Å². The topological polar surface area (TPSA) is 38.1 Å². The lowest BCUT2D eigenvalue weighted by Crippen LogP contribution is -2.32. The fraction of sp³-hybridized carbons (Fsp3) is 0.143. The van der Waals surface area contributed by atoms with Crippen LogP contribution in [0.25, 0.3) is 0 Å². The van der Waals surface area contributed by atoms with E-state index in [1.807, 2.05) is 10.6 Å². The first-order chi connectivity index (χ1) is 13.1. The quantitative estimate of drug-likeness (QED) is 0.591. The molecule has 0 saturated heterocycles. The van der Waals surface area contributed by atoms with Gasteiger partial charge < -0.3 is 9.47 Å². The van der Waals surface area contributed by atoms with Gasteiger partial charge in [0.1, 0.15) is 17.5 Å². The molecular formula is C21H19F2N3O. The molecule has 1 heterocycles. The number of benzene rings is 2. The van der Waals surface area contributed by atoms with Gasteiger partial charge >= 0.3 is 0 Å². The second kappa shape index (κ2) is 8.40. The molecule has 6 heteroatoms. The predicted octanol–water partition coefficient (Wildman–Crippen LogP) is 4.04. The lowest BCUT2D eigenvalue weighted by Gasteiger charge is -2.21. The maximum absolute atomic E-state index is 13.5. The first kappa shape index (κ1) is 18.5. The predicted molar refractivity (Wildman–Crippen MR) is 99.1 cm³/mol. The Labute approximate surface area is 156 Å². The summed E-state index contributed by atoms with van der Waals surface area (Å²) in [6.07, 6.45) is 5.02. The SMILES string of the molecule is C=CCN(Cc1nccn1Cc1cccc(F)c1)C(=O)c1cccc(F)c1. The minimum Gasteiger partial charge on any atom is -0.329 e. The highest BCUT2D eigenvalue weighted by atomic mass is 19.1. The third-order valence-corrected chi connectivity index (χ3v) is 4.08. The molecule has 4 nitrogen and oxygen atoms in total. The van der Waals surface area contributed by atoms with E-state index >= 15 is 0 Å². The van der Waals surface area contributed by atoms with Crippen LogP contribution in [0, 0.1) is 11.6 Å². The zero-order chi connectivity index (χ0) is 19.2. The average molecular weight is 367 g/mol. The van der Waals surface area contributed by atoms with Gasteiger partial charge in [-0.25, -0.2) is 13.8 Å². The van der Waals surface area contributed by atoms with Gasteiger partial charge in [0.2, 0.25) is 0 Å². The number of amides is 1. The van der Waals surface area contributed by atoms with Crippen molar-refractivity contribution in [1.29, 1.82) is 0 Å². The van der Waals surface area contributed by atoms with Gasteiger partial charge in [0, 0.05) is 31.0 Å². The largest absolute Gasteiger partial charge is 0.329 e. The maximum atomic E-state index is 13.5. The zero-order valence-electron chi connectivity index (χ0n) is 14.7. The Bertz CT molecular complexity index is 952. The molecule has 0 radical (unpaired) electrons. The van der Waals surface area contributed by atoms with Crippen LogP contribution in [-0.2, 0) is 13.1 Å². The summed E-state index contributed by atoms with van der Waals surface area (Å²) in [5.41, 5.74) is 1.06. The number of hydrogen-bond acceptors (Lipinski definition) is 2. The summed E-state index contributed by atoms with van der Waals surface area (Å²) in [6, 6.07) is 11.9. The number of rotatable bonds is 7. The van der Waals surface area contributed by atoms with E-state index in [2.05, 4.69) is 11.6 Å². The molecule has 0 spiro atoms. The Morgan fingerprint density at radius 2 is 1.89 bits per heavy atom. The van der Waals surface area contributed by atoms with Gasteiger partial charge in [-0.2, -0.15) is 0 Å². The molecule has 0 aliphatic rings. The third kappa shape index (κ3) is 4.67. The number of hydrogen-bond donors (Lipinski definition) is 0. The molecule has 0 fully saturated rings. The van der Waals surface area contributed by atoms with Crippen molar-refractivity contribution in [3.63, 3.8) is 0 Å². The Morgan fingerprint density at radius 3 is 2.59 bits per heavy atom. The summed E-state index contributed by atoms with van der Waals surface area (Å²) >= 11 is 0. The van der Waals surface area contributed by atoms with Crippen molar-refractivity contribution >= 4 is 5.91 Å². The smallest absolute Gasteiger partial charge is 0.254 e. The fourth-order valence-electron chi connectivity index (χ4n) is 2.82. The minimum atomic E-state index is -0.466. The highest BCUT2D eigenvalue weighted by Crippen LogP contribution is 2.13. The van der Waals surface area contributed by atoms with E-state index < -0.39 is 5.82 Å². The number of imidazole rings is 1. The van der Waals surface area contributed by atoms with E-state index in [0.29, 0.717) is 18.9 Å². The van der Waals surface area contributed by atoms with Gasteiger partial charge in [0.15, 0.2) is 0 Å². The van der Waals surface area contributed by atoms with Crippen molar-refractivity contribution in [1.82, 2.24) is 14.5 Å².